The van der Waals surface area contributed by atoms with E-state index in [1.54, 1.807) is 0 Å². The number of amides is 1. The molecule has 0 aliphatic carbocycles. The summed E-state index contributed by atoms with van der Waals surface area (Å²) >= 11 is 0. The number of hydrogen-bond acceptors (Lipinski definition) is 3. The van der Waals surface area contributed by atoms with Crippen molar-refractivity contribution in [2.24, 2.45) is 5.73 Å². The fourth-order valence-electron chi connectivity index (χ4n) is 1.34. The molecule has 1 aliphatic rings. The number of carbonyl (C=O) groups is 1. The van der Waals surface area contributed by atoms with Gasteiger partial charge < -0.3 is 15.5 Å². The first-order chi connectivity index (χ1) is 5.68. The van der Waals surface area contributed by atoms with E-state index < -0.39 is 0 Å². The molecule has 0 aromatic carbocycles. The van der Waals surface area contributed by atoms with E-state index in [1.165, 1.54) is 0 Å². The zero-order chi connectivity index (χ0) is 8.97. The largest absolute Gasteiger partial charge is 0.370 e. The summed E-state index contributed by atoms with van der Waals surface area (Å²) in [6.45, 7) is 5.13. The van der Waals surface area contributed by atoms with Gasteiger partial charge in [-0.05, 0) is 7.05 Å². The van der Waals surface area contributed by atoms with E-state index in [2.05, 4.69) is 16.8 Å². The maximum atomic E-state index is 10.5. The average Bonchev–Trinajstić information content (AvgIpc) is 2.03. The monoisotopic (exact) mass is 243 g/mol. The number of nitrogens with zero attached hydrogens (tertiary/aromatic N) is 2. The first-order valence-electron chi connectivity index (χ1n) is 4.37. The van der Waals surface area contributed by atoms with Gasteiger partial charge in [0.05, 0.1) is 0 Å². The normalized spacial score (nSPS) is 18.1. The van der Waals surface area contributed by atoms with Crippen LogP contribution in [0, 0.1) is 0 Å². The molecule has 0 bridgehead atoms. The molecule has 4 nitrogen and oxygen atoms in total. The van der Waals surface area contributed by atoms with E-state index in [1.807, 2.05) is 0 Å². The third-order valence-corrected chi connectivity index (χ3v) is 2.27. The summed E-state index contributed by atoms with van der Waals surface area (Å²) in [4.78, 5) is 15.1. The van der Waals surface area contributed by atoms with Crippen molar-refractivity contribution in [2.45, 2.75) is 6.42 Å². The second-order valence-corrected chi connectivity index (χ2v) is 3.36. The summed E-state index contributed by atoms with van der Waals surface area (Å²) in [5.41, 5.74) is 5.06. The molecule has 6 heteroatoms. The van der Waals surface area contributed by atoms with Crippen molar-refractivity contribution in [3.63, 3.8) is 0 Å². The van der Waals surface area contributed by atoms with Crippen LogP contribution in [0.2, 0.25) is 0 Å². The van der Waals surface area contributed by atoms with Gasteiger partial charge in [-0.15, -0.1) is 24.8 Å². The summed E-state index contributed by atoms with van der Waals surface area (Å²) < 4.78 is 0. The summed E-state index contributed by atoms with van der Waals surface area (Å²) in [7, 11) is 2.12. The molecule has 14 heavy (non-hydrogen) atoms. The van der Waals surface area contributed by atoms with Crippen molar-refractivity contribution >= 4 is 30.7 Å². The molecule has 0 atom stereocenters. The molecule has 1 rings (SSSR count). The lowest BCUT2D eigenvalue weighted by Gasteiger charge is -2.31. The van der Waals surface area contributed by atoms with Gasteiger partial charge in [-0.3, -0.25) is 4.79 Å². The lowest BCUT2D eigenvalue weighted by Crippen LogP contribution is -2.45. The van der Waals surface area contributed by atoms with Gasteiger partial charge in [-0.1, -0.05) is 0 Å². The highest BCUT2D eigenvalue weighted by molar-refractivity contribution is 5.85. The molecule has 0 radical (unpaired) electrons. The van der Waals surface area contributed by atoms with E-state index in [0.717, 1.165) is 32.7 Å². The van der Waals surface area contributed by atoms with Crippen LogP contribution in [-0.2, 0) is 4.79 Å². The maximum Gasteiger partial charge on any atom is 0.218 e. The van der Waals surface area contributed by atoms with Gasteiger partial charge in [0, 0.05) is 39.1 Å². The number of likely N-dealkylation sites (N-methyl/N-ethyl adjacent to an activating group) is 1. The Morgan fingerprint density at radius 2 is 1.71 bits per heavy atom. The zero-order valence-electron chi connectivity index (χ0n) is 8.44. The van der Waals surface area contributed by atoms with Gasteiger partial charge in [-0.2, -0.15) is 0 Å². The molecule has 0 saturated carbocycles. The van der Waals surface area contributed by atoms with Crippen molar-refractivity contribution in [3.05, 3.63) is 0 Å². The SMILES string of the molecule is CN1CCN(CCC(N)=O)CC1.Cl.Cl. The Bertz CT molecular complexity index is 161. The van der Waals surface area contributed by atoms with E-state index in [-0.39, 0.29) is 30.7 Å². The van der Waals surface area contributed by atoms with Crippen molar-refractivity contribution < 1.29 is 4.79 Å². The molecular weight excluding hydrogens is 225 g/mol. The highest BCUT2D eigenvalue weighted by Crippen LogP contribution is 1.99. The number of nitrogens with two attached hydrogens (primary N) is 1. The maximum absolute atomic E-state index is 10.5. The number of piperazine rings is 1. The summed E-state index contributed by atoms with van der Waals surface area (Å²) in [5, 5.41) is 0. The molecule has 0 unspecified atom stereocenters. The lowest BCUT2D eigenvalue weighted by atomic mass is 10.3. The van der Waals surface area contributed by atoms with Gasteiger partial charge in [0.25, 0.3) is 0 Å². The van der Waals surface area contributed by atoms with Crippen LogP contribution in [0.3, 0.4) is 0 Å². The third kappa shape index (κ3) is 6.43. The van der Waals surface area contributed by atoms with E-state index >= 15 is 0 Å². The molecular formula is C8H19Cl2N3O. The Hall–Kier alpha value is -0.0300. The number of hydrogen-bond donors (Lipinski definition) is 1. The van der Waals surface area contributed by atoms with Crippen molar-refractivity contribution in [1.29, 1.82) is 0 Å². The van der Waals surface area contributed by atoms with Crippen molar-refractivity contribution in [1.82, 2.24) is 9.80 Å². The van der Waals surface area contributed by atoms with E-state index in [9.17, 15) is 4.79 Å². The number of carbonyl (C=O) groups excluding carboxylic acids is 1. The van der Waals surface area contributed by atoms with Crippen LogP contribution in [0.1, 0.15) is 6.42 Å². The van der Waals surface area contributed by atoms with Crippen LogP contribution in [0.5, 0.6) is 0 Å². The number of rotatable bonds is 3. The molecule has 1 amide bonds. The van der Waals surface area contributed by atoms with E-state index in [0.29, 0.717) is 6.42 Å². The van der Waals surface area contributed by atoms with Crippen LogP contribution in [0.25, 0.3) is 0 Å². The topological polar surface area (TPSA) is 49.6 Å². The molecule has 0 aromatic rings. The van der Waals surface area contributed by atoms with Crippen molar-refractivity contribution in [3.8, 4) is 0 Å². The Morgan fingerprint density at radius 1 is 1.21 bits per heavy atom. The van der Waals surface area contributed by atoms with E-state index in [4.69, 9.17) is 5.73 Å². The third-order valence-electron chi connectivity index (χ3n) is 2.27. The predicted octanol–water partition coefficient (Wildman–Crippen LogP) is -0.0472. The molecule has 1 saturated heterocycles. The Balaban J connectivity index is 0. The van der Waals surface area contributed by atoms with Crippen LogP contribution in [0.4, 0.5) is 0 Å². The Morgan fingerprint density at radius 3 is 2.14 bits per heavy atom. The van der Waals surface area contributed by atoms with Crippen molar-refractivity contribution in [2.75, 3.05) is 39.8 Å². The zero-order valence-corrected chi connectivity index (χ0v) is 10.1. The molecule has 0 aromatic heterocycles. The molecule has 86 valence electrons. The number of primary amides is 1. The van der Waals surface area contributed by atoms with Crippen LogP contribution in [0.15, 0.2) is 0 Å². The van der Waals surface area contributed by atoms with Gasteiger partial charge in [0.2, 0.25) is 5.91 Å². The molecule has 1 heterocycles. The smallest absolute Gasteiger partial charge is 0.218 e. The first kappa shape index (κ1) is 16.4. The van der Waals surface area contributed by atoms with Crippen LogP contribution in [-0.4, -0.2) is 55.5 Å². The Kier molecular flexibility index (Phi) is 9.72. The minimum Gasteiger partial charge on any atom is -0.370 e. The summed E-state index contributed by atoms with van der Waals surface area (Å²) in [6, 6.07) is 0. The van der Waals surface area contributed by atoms with Crippen LogP contribution < -0.4 is 5.73 Å². The minimum atomic E-state index is -0.200. The standard InChI is InChI=1S/C8H17N3O.2ClH/c1-10-4-6-11(7-5-10)3-2-8(9)12;;/h2-7H2,1H3,(H2,9,12);2*1H. The highest BCUT2D eigenvalue weighted by atomic mass is 35.5. The average molecular weight is 244 g/mol. The van der Waals surface area contributed by atoms with Gasteiger partial charge >= 0.3 is 0 Å². The minimum absolute atomic E-state index is 0. The number of halogens is 2. The fraction of sp³-hybridized carbons (Fsp3) is 0.875. The fourth-order valence-corrected chi connectivity index (χ4v) is 1.34. The summed E-state index contributed by atoms with van der Waals surface area (Å²) in [5.74, 6) is -0.200. The molecule has 2 N–H and O–H groups in total. The lowest BCUT2D eigenvalue weighted by molar-refractivity contribution is -0.118. The highest BCUT2D eigenvalue weighted by Gasteiger charge is 2.13. The van der Waals surface area contributed by atoms with Gasteiger partial charge in [0.15, 0.2) is 0 Å². The first-order valence-corrected chi connectivity index (χ1v) is 4.37. The Labute approximate surface area is 97.6 Å². The molecule has 1 aliphatic heterocycles. The second kappa shape index (κ2) is 8.29. The summed E-state index contributed by atoms with van der Waals surface area (Å²) in [6.07, 6.45) is 0.490. The quantitative estimate of drug-likeness (QED) is 0.757. The predicted molar refractivity (Wildman–Crippen MR) is 62.2 cm³/mol. The molecule has 1 fully saturated rings. The van der Waals surface area contributed by atoms with Gasteiger partial charge in [0.1, 0.15) is 0 Å². The van der Waals surface area contributed by atoms with Gasteiger partial charge in [-0.25, -0.2) is 0 Å². The second-order valence-electron chi connectivity index (χ2n) is 3.36. The molecule has 0 spiro atoms. The van der Waals surface area contributed by atoms with Crippen LogP contribution >= 0.6 is 24.8 Å².